The lowest BCUT2D eigenvalue weighted by Gasteiger charge is -2.17. The average Bonchev–Trinajstić information content (AvgIpc) is 3.30. The van der Waals surface area contributed by atoms with Crippen molar-refractivity contribution in [2.45, 2.75) is 20.0 Å². The van der Waals surface area contributed by atoms with Gasteiger partial charge in [-0.15, -0.1) is 0 Å². The van der Waals surface area contributed by atoms with Crippen LogP contribution in [0, 0.1) is 6.92 Å². The SMILES string of the molecule is COCC(=O)N1Cc2nn(-c3cccc(C)c3)c(-n3cccc3)c2C1. The van der Waals surface area contributed by atoms with Crippen molar-refractivity contribution in [2.24, 2.45) is 0 Å². The van der Waals surface area contributed by atoms with E-state index in [2.05, 4.69) is 29.7 Å². The number of fused-ring (bicyclic) bond motifs is 1. The Bertz CT molecular complexity index is 912. The first kappa shape index (κ1) is 15.7. The number of carbonyl (C=O) groups is 1. The number of rotatable bonds is 4. The van der Waals surface area contributed by atoms with Crippen LogP contribution in [0.2, 0.25) is 0 Å². The molecule has 6 heteroatoms. The van der Waals surface area contributed by atoms with Gasteiger partial charge in [-0.3, -0.25) is 4.79 Å². The van der Waals surface area contributed by atoms with Crippen molar-refractivity contribution < 1.29 is 9.53 Å². The highest BCUT2D eigenvalue weighted by molar-refractivity contribution is 5.78. The molecule has 0 fully saturated rings. The first-order chi connectivity index (χ1) is 12.2. The zero-order chi connectivity index (χ0) is 17.4. The lowest BCUT2D eigenvalue weighted by atomic mass is 10.2. The smallest absolute Gasteiger partial charge is 0.249 e. The van der Waals surface area contributed by atoms with E-state index in [9.17, 15) is 4.79 Å². The molecule has 1 amide bonds. The van der Waals surface area contributed by atoms with Crippen molar-refractivity contribution in [1.82, 2.24) is 19.2 Å². The van der Waals surface area contributed by atoms with Gasteiger partial charge in [0.2, 0.25) is 5.91 Å². The van der Waals surface area contributed by atoms with E-state index < -0.39 is 0 Å². The summed E-state index contributed by atoms with van der Waals surface area (Å²) >= 11 is 0. The number of hydrogen-bond donors (Lipinski definition) is 0. The van der Waals surface area contributed by atoms with Gasteiger partial charge in [-0.2, -0.15) is 5.10 Å². The third-order valence-electron chi connectivity index (χ3n) is 4.44. The minimum absolute atomic E-state index is 0.0129. The van der Waals surface area contributed by atoms with Crippen LogP contribution in [0.15, 0.2) is 48.8 Å². The Balaban J connectivity index is 1.79. The molecule has 2 aromatic heterocycles. The second kappa shape index (κ2) is 6.22. The molecule has 128 valence electrons. The molecule has 0 unspecified atom stereocenters. The monoisotopic (exact) mass is 336 g/mol. The van der Waals surface area contributed by atoms with Crippen LogP contribution in [0.25, 0.3) is 11.5 Å². The van der Waals surface area contributed by atoms with Crippen LogP contribution >= 0.6 is 0 Å². The summed E-state index contributed by atoms with van der Waals surface area (Å²) in [4.78, 5) is 14.0. The Morgan fingerprint density at radius 2 is 2.00 bits per heavy atom. The Morgan fingerprint density at radius 3 is 2.72 bits per heavy atom. The van der Waals surface area contributed by atoms with Crippen molar-refractivity contribution in [2.75, 3.05) is 13.7 Å². The topological polar surface area (TPSA) is 52.3 Å². The van der Waals surface area contributed by atoms with E-state index >= 15 is 0 Å². The molecule has 1 aromatic carbocycles. The minimum Gasteiger partial charge on any atom is -0.375 e. The fourth-order valence-corrected chi connectivity index (χ4v) is 3.27. The molecular formula is C19H20N4O2. The van der Waals surface area contributed by atoms with Gasteiger partial charge in [-0.25, -0.2) is 4.68 Å². The van der Waals surface area contributed by atoms with Gasteiger partial charge in [0.25, 0.3) is 0 Å². The summed E-state index contributed by atoms with van der Waals surface area (Å²) in [5.41, 5.74) is 4.23. The Labute approximate surface area is 146 Å². The van der Waals surface area contributed by atoms with E-state index in [1.54, 1.807) is 4.90 Å². The normalized spacial score (nSPS) is 13.3. The first-order valence-electron chi connectivity index (χ1n) is 8.25. The van der Waals surface area contributed by atoms with Crippen LogP contribution in [0.3, 0.4) is 0 Å². The standard InChI is InChI=1S/C19H20N4O2/c1-14-6-5-7-15(10-14)23-19(21-8-3-4-9-21)16-11-22(12-17(16)20-23)18(24)13-25-2/h3-10H,11-13H2,1-2H3. The van der Waals surface area contributed by atoms with Gasteiger partial charge in [-0.05, 0) is 36.8 Å². The highest BCUT2D eigenvalue weighted by atomic mass is 16.5. The second-order valence-corrected chi connectivity index (χ2v) is 6.27. The molecule has 0 radical (unpaired) electrons. The molecule has 3 heterocycles. The predicted molar refractivity (Wildman–Crippen MR) is 93.8 cm³/mol. The van der Waals surface area contributed by atoms with Crippen molar-refractivity contribution in [3.8, 4) is 11.5 Å². The fraction of sp³-hybridized carbons (Fsp3) is 0.263. The van der Waals surface area contributed by atoms with Crippen LogP contribution in [0.4, 0.5) is 0 Å². The lowest BCUT2D eigenvalue weighted by molar-refractivity contribution is -0.135. The fourth-order valence-electron chi connectivity index (χ4n) is 3.27. The predicted octanol–water partition coefficient (Wildman–Crippen LogP) is 2.46. The van der Waals surface area contributed by atoms with Crippen LogP contribution in [0.1, 0.15) is 16.8 Å². The van der Waals surface area contributed by atoms with Gasteiger partial charge >= 0.3 is 0 Å². The molecule has 0 bridgehead atoms. The van der Waals surface area contributed by atoms with Crippen LogP contribution in [-0.2, 0) is 22.6 Å². The second-order valence-electron chi connectivity index (χ2n) is 6.27. The molecule has 1 aliphatic rings. The van der Waals surface area contributed by atoms with E-state index in [1.165, 1.54) is 12.7 Å². The number of methoxy groups -OCH3 is 1. The number of carbonyl (C=O) groups excluding carboxylic acids is 1. The number of nitrogens with zero attached hydrogens (tertiary/aromatic N) is 4. The Hall–Kier alpha value is -2.86. The van der Waals surface area contributed by atoms with E-state index in [1.807, 2.05) is 35.3 Å². The maximum atomic E-state index is 12.2. The molecule has 25 heavy (non-hydrogen) atoms. The number of benzene rings is 1. The summed E-state index contributed by atoms with van der Waals surface area (Å²) in [5, 5.41) is 4.81. The third-order valence-corrected chi connectivity index (χ3v) is 4.44. The summed E-state index contributed by atoms with van der Waals surface area (Å²) < 4.78 is 9.00. The largest absolute Gasteiger partial charge is 0.375 e. The van der Waals surface area contributed by atoms with E-state index in [0.717, 1.165) is 22.8 Å². The third kappa shape index (κ3) is 2.74. The van der Waals surface area contributed by atoms with E-state index in [4.69, 9.17) is 9.84 Å². The van der Waals surface area contributed by atoms with Crippen molar-refractivity contribution in [3.05, 3.63) is 65.6 Å². The summed E-state index contributed by atoms with van der Waals surface area (Å²) in [6.45, 7) is 3.24. The van der Waals surface area contributed by atoms with Gasteiger partial charge in [0.1, 0.15) is 12.4 Å². The lowest BCUT2D eigenvalue weighted by Crippen LogP contribution is -2.29. The molecule has 0 spiro atoms. The van der Waals surface area contributed by atoms with Gasteiger partial charge in [0, 0.05) is 25.1 Å². The summed E-state index contributed by atoms with van der Waals surface area (Å²) in [6, 6.07) is 12.2. The van der Waals surface area contributed by atoms with Gasteiger partial charge < -0.3 is 14.2 Å². The van der Waals surface area contributed by atoms with E-state index in [0.29, 0.717) is 13.1 Å². The number of ether oxygens (including phenoxy) is 1. The maximum Gasteiger partial charge on any atom is 0.249 e. The van der Waals surface area contributed by atoms with Crippen LogP contribution < -0.4 is 0 Å². The van der Waals surface area contributed by atoms with Crippen LogP contribution in [0.5, 0.6) is 0 Å². The molecule has 1 aliphatic heterocycles. The molecule has 0 N–H and O–H groups in total. The molecular weight excluding hydrogens is 316 g/mol. The number of amides is 1. The number of aromatic nitrogens is 3. The summed E-state index contributed by atoms with van der Waals surface area (Å²) in [7, 11) is 1.54. The molecule has 4 rings (SSSR count). The number of hydrogen-bond acceptors (Lipinski definition) is 3. The Kier molecular flexibility index (Phi) is 3.89. The van der Waals surface area contributed by atoms with Crippen molar-refractivity contribution in [1.29, 1.82) is 0 Å². The van der Waals surface area contributed by atoms with Gasteiger partial charge in [-0.1, -0.05) is 12.1 Å². The van der Waals surface area contributed by atoms with Gasteiger partial charge in [0.15, 0.2) is 0 Å². The Morgan fingerprint density at radius 1 is 1.20 bits per heavy atom. The molecule has 0 saturated carbocycles. The minimum atomic E-state index is -0.0129. The maximum absolute atomic E-state index is 12.2. The van der Waals surface area contributed by atoms with Crippen molar-refractivity contribution >= 4 is 5.91 Å². The zero-order valence-electron chi connectivity index (χ0n) is 14.3. The molecule has 6 nitrogen and oxygen atoms in total. The number of aryl methyl sites for hydroxylation is 1. The van der Waals surface area contributed by atoms with Gasteiger partial charge in [0.05, 0.1) is 24.5 Å². The van der Waals surface area contributed by atoms with E-state index in [-0.39, 0.29) is 12.5 Å². The summed E-state index contributed by atoms with van der Waals surface area (Å²) in [6.07, 6.45) is 4.01. The molecule has 0 saturated heterocycles. The molecule has 0 aliphatic carbocycles. The zero-order valence-corrected chi connectivity index (χ0v) is 14.3. The molecule has 3 aromatic rings. The quantitative estimate of drug-likeness (QED) is 0.735. The first-order valence-corrected chi connectivity index (χ1v) is 8.25. The highest BCUT2D eigenvalue weighted by Crippen LogP contribution is 2.30. The van der Waals surface area contributed by atoms with Crippen LogP contribution in [-0.4, -0.2) is 38.9 Å². The van der Waals surface area contributed by atoms with Crippen molar-refractivity contribution in [3.63, 3.8) is 0 Å². The highest BCUT2D eigenvalue weighted by Gasteiger charge is 2.31. The average molecular weight is 336 g/mol. The summed E-state index contributed by atoms with van der Waals surface area (Å²) in [5.74, 6) is 0.972. The molecule has 0 atom stereocenters.